The third-order valence-electron chi connectivity index (χ3n) is 13.9. The zero-order valence-corrected chi connectivity index (χ0v) is 37.2. The molecule has 0 saturated heterocycles. The Bertz CT molecular complexity index is 3620. The van der Waals surface area contributed by atoms with Crippen molar-refractivity contribution < 1.29 is 0 Å². The quantitative estimate of drug-likeness (QED) is 0.122. The summed E-state index contributed by atoms with van der Waals surface area (Å²) in [6.07, 6.45) is 3.04. The van der Waals surface area contributed by atoms with E-state index in [2.05, 4.69) is 200 Å². The number of aryl methyl sites for hydroxylation is 3. The molecule has 0 saturated carbocycles. The molecule has 2 nitrogen and oxygen atoms in total. The van der Waals surface area contributed by atoms with E-state index in [1.165, 1.54) is 129 Å². The van der Waals surface area contributed by atoms with Crippen molar-refractivity contribution in [3.8, 4) is 11.1 Å². The molecule has 0 N–H and O–H groups in total. The first-order chi connectivity index (χ1) is 31.1. The van der Waals surface area contributed by atoms with Crippen molar-refractivity contribution in [3.63, 3.8) is 0 Å². The van der Waals surface area contributed by atoms with E-state index in [9.17, 15) is 0 Å². The predicted molar refractivity (Wildman–Crippen MR) is 277 cm³/mol. The Morgan fingerprint density at radius 1 is 0.381 bits per heavy atom. The Morgan fingerprint density at radius 2 is 0.825 bits per heavy atom. The second-order valence-electron chi connectivity index (χ2n) is 17.2. The number of hydrogen-bond acceptors (Lipinski definition) is 4. The molecule has 5 heteroatoms. The highest BCUT2D eigenvalue weighted by Gasteiger charge is 2.46. The molecule has 0 radical (unpaired) electrons. The molecule has 300 valence electrons. The SMILES string of the molecule is CCc1ccc(N2c3cccc4c3B(c3sc5ccc(CC)cc5c32)c2sc3ccc(CC)cc3c2N4c2ccc(-c3ccc4c5ccccc5c5ccccc5c4c3)cc2)cc1. The molecule has 63 heavy (non-hydrogen) atoms. The maximum atomic E-state index is 2.60. The summed E-state index contributed by atoms with van der Waals surface area (Å²) in [6.45, 7) is 6.90. The molecule has 0 bridgehead atoms. The minimum absolute atomic E-state index is 0.122. The van der Waals surface area contributed by atoms with Gasteiger partial charge in [0.1, 0.15) is 0 Å². The number of nitrogens with zero attached hydrogens (tertiary/aromatic N) is 2. The molecule has 2 aliphatic heterocycles. The van der Waals surface area contributed by atoms with Crippen LogP contribution in [0.3, 0.4) is 0 Å². The molecule has 0 fully saturated rings. The van der Waals surface area contributed by atoms with Gasteiger partial charge in [-0.15, -0.1) is 22.7 Å². The Kier molecular flexibility index (Phi) is 8.32. The molecule has 11 aromatic rings. The summed E-state index contributed by atoms with van der Waals surface area (Å²) in [7, 11) is 0. The fourth-order valence-corrected chi connectivity index (χ4v) is 13.4. The van der Waals surface area contributed by atoms with Gasteiger partial charge in [-0.1, -0.05) is 124 Å². The minimum atomic E-state index is 0.122. The van der Waals surface area contributed by atoms with E-state index < -0.39 is 0 Å². The zero-order valence-electron chi connectivity index (χ0n) is 35.6. The van der Waals surface area contributed by atoms with E-state index in [1.807, 2.05) is 22.7 Å². The lowest BCUT2D eigenvalue weighted by Crippen LogP contribution is -2.59. The minimum Gasteiger partial charge on any atom is -0.310 e. The number of benzene rings is 9. The number of fused-ring (bicyclic) bond motifs is 14. The molecule has 4 heterocycles. The van der Waals surface area contributed by atoms with Crippen LogP contribution in [0.25, 0.3) is 63.6 Å². The molecular weight excluding hydrogens is 800 g/mol. The summed E-state index contributed by atoms with van der Waals surface area (Å²) >= 11 is 3.98. The van der Waals surface area contributed by atoms with Crippen LogP contribution in [0.5, 0.6) is 0 Å². The van der Waals surface area contributed by atoms with Crippen molar-refractivity contribution in [2.24, 2.45) is 0 Å². The second kappa shape index (κ2) is 14.2. The molecule has 0 atom stereocenters. The Hall–Kier alpha value is -6.66. The molecule has 13 rings (SSSR count). The fourth-order valence-electron chi connectivity index (χ4n) is 10.8. The van der Waals surface area contributed by atoms with Gasteiger partial charge in [0, 0.05) is 52.5 Å². The third kappa shape index (κ3) is 5.43. The molecule has 2 aromatic heterocycles. The van der Waals surface area contributed by atoms with E-state index in [0.29, 0.717) is 0 Å². The average Bonchev–Trinajstić information content (AvgIpc) is 3.92. The summed E-state index contributed by atoms with van der Waals surface area (Å²) in [5.74, 6) is 0. The topological polar surface area (TPSA) is 6.48 Å². The molecule has 0 aliphatic carbocycles. The molecule has 9 aromatic carbocycles. The highest BCUT2D eigenvalue weighted by atomic mass is 32.1. The van der Waals surface area contributed by atoms with Gasteiger partial charge in [0.05, 0.1) is 11.4 Å². The third-order valence-corrected chi connectivity index (χ3v) is 16.4. The van der Waals surface area contributed by atoms with Crippen LogP contribution in [-0.2, 0) is 19.3 Å². The lowest BCUT2D eigenvalue weighted by atomic mass is 9.39. The van der Waals surface area contributed by atoms with Gasteiger partial charge in [0.2, 0.25) is 0 Å². The summed E-state index contributed by atoms with van der Waals surface area (Å²) < 4.78 is 5.57. The number of thiophene rings is 2. The van der Waals surface area contributed by atoms with Gasteiger partial charge in [-0.05, 0) is 152 Å². The Morgan fingerprint density at radius 3 is 1.33 bits per heavy atom. The van der Waals surface area contributed by atoms with Crippen molar-refractivity contribution >= 4 is 131 Å². The van der Waals surface area contributed by atoms with Crippen molar-refractivity contribution in [2.45, 2.75) is 40.0 Å². The van der Waals surface area contributed by atoms with Gasteiger partial charge < -0.3 is 9.80 Å². The van der Waals surface area contributed by atoms with Crippen LogP contribution >= 0.6 is 22.7 Å². The van der Waals surface area contributed by atoms with E-state index >= 15 is 0 Å². The molecule has 0 unspecified atom stereocenters. The van der Waals surface area contributed by atoms with Crippen LogP contribution in [0, 0.1) is 0 Å². The van der Waals surface area contributed by atoms with Crippen LogP contribution in [0.1, 0.15) is 37.5 Å². The lowest BCUT2D eigenvalue weighted by Gasteiger charge is -2.42. The van der Waals surface area contributed by atoms with Crippen LogP contribution in [0.2, 0.25) is 0 Å². The average molecular weight is 843 g/mol. The first-order valence-corrected chi connectivity index (χ1v) is 24.1. The molecule has 0 spiro atoms. The summed E-state index contributed by atoms with van der Waals surface area (Å²) in [5, 5.41) is 10.5. The largest absolute Gasteiger partial charge is 0.310 e. The van der Waals surface area contributed by atoms with Crippen molar-refractivity contribution in [2.75, 3.05) is 9.80 Å². The maximum Gasteiger partial charge on any atom is 0.277 e. The maximum absolute atomic E-state index is 2.60. The molecular formula is C58H43BN2S2. The van der Waals surface area contributed by atoms with E-state index in [0.717, 1.165) is 19.3 Å². The number of anilines is 6. The van der Waals surface area contributed by atoms with Crippen LogP contribution in [0.4, 0.5) is 34.1 Å². The van der Waals surface area contributed by atoms with E-state index in [-0.39, 0.29) is 6.71 Å². The number of rotatable bonds is 6. The first-order valence-electron chi connectivity index (χ1n) is 22.5. The Balaban J connectivity index is 1.03. The highest BCUT2D eigenvalue weighted by Crippen LogP contribution is 2.50. The normalized spacial score (nSPS) is 13.1. The molecule has 0 amide bonds. The van der Waals surface area contributed by atoms with Gasteiger partial charge in [0.25, 0.3) is 6.71 Å². The van der Waals surface area contributed by atoms with Gasteiger partial charge in [0.15, 0.2) is 0 Å². The van der Waals surface area contributed by atoms with Crippen molar-refractivity contribution in [1.82, 2.24) is 0 Å². The van der Waals surface area contributed by atoms with Gasteiger partial charge in [-0.3, -0.25) is 0 Å². The van der Waals surface area contributed by atoms with E-state index in [1.54, 1.807) is 0 Å². The lowest BCUT2D eigenvalue weighted by molar-refractivity contribution is 1.14. The van der Waals surface area contributed by atoms with Gasteiger partial charge >= 0.3 is 0 Å². The summed E-state index contributed by atoms with van der Waals surface area (Å²) in [5.41, 5.74) is 15.5. The standard InChI is InChI=1S/C58H43BN2S2/c1-4-35-18-25-40(26-19-35)60-50-16-11-17-51-54(50)59(57-55(60)48-32-36(5-2)20-30-52(48)62-57)58-56(49-33-37(6-3)21-31-53(49)63-58)61(51)41-27-22-38(23-28-41)39-24-29-46-44-14-8-7-12-42(44)43-13-9-10-15-45(43)47(46)34-39/h7-34H,4-6H2,1-3H3. The smallest absolute Gasteiger partial charge is 0.277 e. The van der Waals surface area contributed by atoms with Gasteiger partial charge in [-0.25, -0.2) is 0 Å². The number of hydrogen-bond donors (Lipinski definition) is 0. The van der Waals surface area contributed by atoms with Crippen LogP contribution < -0.4 is 24.8 Å². The monoisotopic (exact) mass is 842 g/mol. The zero-order chi connectivity index (χ0) is 41.9. The van der Waals surface area contributed by atoms with Crippen molar-refractivity contribution in [3.05, 3.63) is 187 Å². The first kappa shape index (κ1) is 36.9. The van der Waals surface area contributed by atoms with Gasteiger partial charge in [-0.2, -0.15) is 0 Å². The molecule has 2 aliphatic rings. The van der Waals surface area contributed by atoms with Crippen LogP contribution in [-0.4, -0.2) is 6.71 Å². The van der Waals surface area contributed by atoms with E-state index in [4.69, 9.17) is 0 Å². The Labute approximate surface area is 376 Å². The summed E-state index contributed by atoms with van der Waals surface area (Å²) in [6, 6.07) is 64.8. The predicted octanol–water partition coefficient (Wildman–Crippen LogP) is 15.0. The van der Waals surface area contributed by atoms with Crippen molar-refractivity contribution in [1.29, 1.82) is 0 Å². The highest BCUT2D eigenvalue weighted by molar-refractivity contribution is 7.40. The second-order valence-corrected chi connectivity index (χ2v) is 19.4. The summed E-state index contributed by atoms with van der Waals surface area (Å²) in [4.78, 5) is 5.18. The fraction of sp³-hybridized carbons (Fsp3) is 0.103. The van der Waals surface area contributed by atoms with Crippen LogP contribution in [0.15, 0.2) is 170 Å².